The highest BCUT2D eigenvalue weighted by atomic mass is 32.1. The Bertz CT molecular complexity index is 364. The molecule has 0 aliphatic rings. The lowest BCUT2D eigenvalue weighted by Crippen LogP contribution is -2.31. The van der Waals surface area contributed by atoms with Gasteiger partial charge in [0.2, 0.25) is 0 Å². The number of nitrogens with zero attached hydrogens (tertiary/aromatic N) is 1. The lowest BCUT2D eigenvalue weighted by atomic mass is 10.2. The molecule has 74 valence electrons. The van der Waals surface area contributed by atoms with Crippen LogP contribution >= 0.6 is 11.3 Å². The zero-order valence-electron chi connectivity index (χ0n) is 8.20. The second-order valence-corrected chi connectivity index (χ2v) is 4.26. The molecule has 0 aliphatic heterocycles. The summed E-state index contributed by atoms with van der Waals surface area (Å²) in [5.74, 6) is 2.40. The minimum absolute atomic E-state index is 0.00917. The number of terminal acetylenes is 1. The number of carbonyl (C=O) groups excluding carboxylic acids is 1. The fourth-order valence-corrected chi connectivity index (χ4v) is 1.67. The zero-order chi connectivity index (χ0) is 10.6. The van der Waals surface area contributed by atoms with Gasteiger partial charge in [-0.25, -0.2) is 4.98 Å². The van der Waals surface area contributed by atoms with E-state index in [1.165, 1.54) is 11.3 Å². The monoisotopic (exact) mass is 208 g/mol. The van der Waals surface area contributed by atoms with Crippen LogP contribution in [0.5, 0.6) is 0 Å². The number of carbonyl (C=O) groups is 1. The predicted octanol–water partition coefficient (Wildman–Crippen LogP) is 1.59. The number of aryl methyl sites for hydroxylation is 1. The maximum atomic E-state index is 11.5. The summed E-state index contributed by atoms with van der Waals surface area (Å²) < 4.78 is 0. The summed E-state index contributed by atoms with van der Waals surface area (Å²) in [4.78, 5) is 16.2. The number of nitrogens with one attached hydrogen (secondary N) is 1. The first-order valence-electron chi connectivity index (χ1n) is 4.30. The van der Waals surface area contributed by atoms with Crippen molar-refractivity contribution in [2.75, 3.05) is 0 Å². The number of rotatable bonds is 3. The van der Waals surface area contributed by atoms with E-state index in [1.54, 1.807) is 6.20 Å². The van der Waals surface area contributed by atoms with Crippen LogP contribution < -0.4 is 5.32 Å². The van der Waals surface area contributed by atoms with Gasteiger partial charge in [0.05, 0.1) is 11.2 Å². The predicted molar refractivity (Wildman–Crippen MR) is 57.2 cm³/mol. The quantitative estimate of drug-likeness (QED) is 0.766. The fourth-order valence-electron chi connectivity index (χ4n) is 0.989. The maximum Gasteiger partial charge on any atom is 0.263 e. The normalized spacial score (nSPS) is 11.8. The van der Waals surface area contributed by atoms with Crippen molar-refractivity contribution < 1.29 is 4.79 Å². The van der Waals surface area contributed by atoms with Crippen molar-refractivity contribution >= 4 is 17.2 Å². The van der Waals surface area contributed by atoms with Gasteiger partial charge in [-0.1, -0.05) is 0 Å². The lowest BCUT2D eigenvalue weighted by molar-refractivity contribution is 0.0945. The number of thiazole rings is 1. The van der Waals surface area contributed by atoms with Crippen LogP contribution in [0, 0.1) is 19.3 Å². The van der Waals surface area contributed by atoms with Gasteiger partial charge in [0.25, 0.3) is 5.91 Å². The van der Waals surface area contributed by atoms with E-state index in [1.807, 2.05) is 13.8 Å². The van der Waals surface area contributed by atoms with Crippen molar-refractivity contribution in [3.63, 3.8) is 0 Å². The molecule has 0 spiro atoms. The SMILES string of the molecule is C#CCC(C)NC(=O)c1cnc(C)s1. The van der Waals surface area contributed by atoms with Crippen LogP contribution in [-0.4, -0.2) is 16.9 Å². The Kier molecular flexibility index (Phi) is 3.66. The number of amides is 1. The van der Waals surface area contributed by atoms with Crippen LogP contribution in [0.4, 0.5) is 0 Å². The summed E-state index contributed by atoms with van der Waals surface area (Å²) in [7, 11) is 0. The molecular weight excluding hydrogens is 196 g/mol. The molecule has 1 amide bonds. The highest BCUT2D eigenvalue weighted by Gasteiger charge is 2.10. The lowest BCUT2D eigenvalue weighted by Gasteiger charge is -2.08. The van der Waals surface area contributed by atoms with E-state index in [0.29, 0.717) is 11.3 Å². The molecule has 1 rings (SSSR count). The smallest absolute Gasteiger partial charge is 0.263 e. The van der Waals surface area contributed by atoms with Crippen molar-refractivity contribution in [2.24, 2.45) is 0 Å². The van der Waals surface area contributed by atoms with Gasteiger partial charge < -0.3 is 5.32 Å². The van der Waals surface area contributed by atoms with Gasteiger partial charge in [-0.3, -0.25) is 4.79 Å². The summed E-state index contributed by atoms with van der Waals surface area (Å²) in [6.07, 6.45) is 7.26. The Morgan fingerprint density at radius 2 is 2.57 bits per heavy atom. The Morgan fingerprint density at radius 3 is 3.07 bits per heavy atom. The van der Waals surface area contributed by atoms with E-state index in [9.17, 15) is 4.79 Å². The van der Waals surface area contributed by atoms with Gasteiger partial charge in [0, 0.05) is 12.5 Å². The zero-order valence-corrected chi connectivity index (χ0v) is 9.02. The summed E-state index contributed by atoms with van der Waals surface area (Å²) in [5, 5.41) is 3.69. The molecule has 0 saturated heterocycles. The van der Waals surface area contributed by atoms with E-state index < -0.39 is 0 Å². The minimum atomic E-state index is -0.0987. The van der Waals surface area contributed by atoms with E-state index in [0.717, 1.165) is 5.01 Å². The van der Waals surface area contributed by atoms with Crippen LogP contribution in [0.3, 0.4) is 0 Å². The van der Waals surface area contributed by atoms with Crippen LogP contribution in [0.15, 0.2) is 6.20 Å². The molecule has 1 heterocycles. The van der Waals surface area contributed by atoms with Gasteiger partial charge in [-0.2, -0.15) is 0 Å². The molecule has 1 atom stereocenters. The highest BCUT2D eigenvalue weighted by molar-refractivity contribution is 7.13. The number of aromatic nitrogens is 1. The molecule has 0 bridgehead atoms. The van der Waals surface area contributed by atoms with Crippen molar-refractivity contribution in [1.29, 1.82) is 0 Å². The molecule has 0 aromatic carbocycles. The summed E-state index contributed by atoms with van der Waals surface area (Å²) >= 11 is 1.38. The summed E-state index contributed by atoms with van der Waals surface area (Å²) in [5.41, 5.74) is 0. The molecular formula is C10H12N2OS. The molecule has 1 aromatic heterocycles. The van der Waals surface area contributed by atoms with Gasteiger partial charge >= 0.3 is 0 Å². The van der Waals surface area contributed by atoms with E-state index in [-0.39, 0.29) is 11.9 Å². The molecule has 0 saturated carbocycles. The molecule has 0 aliphatic carbocycles. The van der Waals surface area contributed by atoms with E-state index >= 15 is 0 Å². The third-order valence-corrected chi connectivity index (χ3v) is 2.56. The molecule has 0 fully saturated rings. The topological polar surface area (TPSA) is 42.0 Å². The fraction of sp³-hybridized carbons (Fsp3) is 0.400. The van der Waals surface area contributed by atoms with Crippen molar-refractivity contribution in [2.45, 2.75) is 26.3 Å². The standard InChI is InChI=1S/C10H12N2OS/c1-4-5-7(2)12-10(13)9-6-11-8(3)14-9/h1,6-7H,5H2,2-3H3,(H,12,13). The molecule has 1 aromatic rings. The minimum Gasteiger partial charge on any atom is -0.348 e. The molecule has 4 heteroatoms. The van der Waals surface area contributed by atoms with Gasteiger partial charge in [0.15, 0.2) is 0 Å². The number of hydrogen-bond acceptors (Lipinski definition) is 3. The average Bonchev–Trinajstić information content (AvgIpc) is 2.52. The van der Waals surface area contributed by atoms with Gasteiger partial charge in [-0.05, 0) is 13.8 Å². The Morgan fingerprint density at radius 1 is 1.86 bits per heavy atom. The summed E-state index contributed by atoms with van der Waals surface area (Å²) in [6, 6.07) is 0.00917. The third-order valence-electron chi connectivity index (χ3n) is 1.65. The summed E-state index contributed by atoms with van der Waals surface area (Å²) in [6.45, 7) is 3.75. The van der Waals surface area contributed by atoms with Crippen LogP contribution in [0.2, 0.25) is 0 Å². The van der Waals surface area contributed by atoms with Gasteiger partial charge in [0.1, 0.15) is 4.88 Å². The molecule has 1 N–H and O–H groups in total. The largest absolute Gasteiger partial charge is 0.348 e. The molecule has 14 heavy (non-hydrogen) atoms. The Hall–Kier alpha value is -1.34. The van der Waals surface area contributed by atoms with Crippen molar-refractivity contribution in [3.05, 3.63) is 16.1 Å². The van der Waals surface area contributed by atoms with E-state index in [4.69, 9.17) is 6.42 Å². The van der Waals surface area contributed by atoms with Crippen LogP contribution in [-0.2, 0) is 0 Å². The van der Waals surface area contributed by atoms with Crippen LogP contribution in [0.25, 0.3) is 0 Å². The first-order chi connectivity index (χ1) is 6.63. The molecule has 1 unspecified atom stereocenters. The first-order valence-corrected chi connectivity index (χ1v) is 5.12. The highest BCUT2D eigenvalue weighted by Crippen LogP contribution is 2.11. The molecule has 3 nitrogen and oxygen atoms in total. The maximum absolute atomic E-state index is 11.5. The van der Waals surface area contributed by atoms with Gasteiger partial charge in [-0.15, -0.1) is 23.7 Å². The van der Waals surface area contributed by atoms with Crippen molar-refractivity contribution in [3.8, 4) is 12.3 Å². The third kappa shape index (κ3) is 2.86. The van der Waals surface area contributed by atoms with Crippen molar-refractivity contribution in [1.82, 2.24) is 10.3 Å². The first kappa shape index (κ1) is 10.7. The number of hydrogen-bond donors (Lipinski definition) is 1. The Labute approximate surface area is 87.6 Å². The second-order valence-electron chi connectivity index (χ2n) is 3.03. The van der Waals surface area contributed by atoms with E-state index in [2.05, 4.69) is 16.2 Å². The molecule has 0 radical (unpaired) electrons. The van der Waals surface area contributed by atoms with Crippen LogP contribution in [0.1, 0.15) is 28.0 Å². The average molecular weight is 208 g/mol. The Balaban J connectivity index is 2.55. The second kappa shape index (κ2) is 4.77.